The normalized spacial score (nSPS) is 22.1. The molecule has 30 heteroatoms. The second kappa shape index (κ2) is 18.1. The minimum atomic E-state index is -5.93. The number of aliphatic hydroxyl groups is 2. The van der Waals surface area contributed by atoms with Crippen LogP contribution in [-0.4, -0.2) is 109 Å². The van der Waals surface area contributed by atoms with Gasteiger partial charge in [-0.3, -0.25) is 28.1 Å². The molecule has 6 N–H and O–H groups in total. The number of nitrogen functional groups attached to an aromatic ring is 1. The molecule has 2 aromatic heterocycles. The van der Waals surface area contributed by atoms with E-state index in [1.165, 1.54) is 0 Å². The molecule has 1 aliphatic rings. The van der Waals surface area contributed by atoms with Crippen molar-refractivity contribution >= 4 is 75.1 Å². The fourth-order valence-electron chi connectivity index (χ4n) is 4.31. The van der Waals surface area contributed by atoms with Crippen LogP contribution in [0.2, 0.25) is 0 Å². The van der Waals surface area contributed by atoms with Crippen molar-refractivity contribution in [1.29, 1.82) is 0 Å². The van der Waals surface area contributed by atoms with E-state index in [-0.39, 0.29) is 42.2 Å². The zero-order valence-electron chi connectivity index (χ0n) is 27.2. The number of amides is 2. The van der Waals surface area contributed by atoms with Crippen LogP contribution in [0.1, 0.15) is 26.5 Å². The number of carboxylic acids is 1. The van der Waals surface area contributed by atoms with Gasteiger partial charge in [-0.25, -0.2) is 19.3 Å². The van der Waals surface area contributed by atoms with Crippen LogP contribution in [0.5, 0.6) is 0 Å². The number of aliphatic hydroxyl groups excluding tert-OH is 2. The molecule has 1 saturated heterocycles. The number of anilines is 1. The van der Waals surface area contributed by atoms with Gasteiger partial charge in [-0.2, -0.15) is 0 Å². The molecule has 0 saturated carbocycles. The second-order valence-corrected chi connectivity index (χ2v) is 16.5. The number of fused-ring (bicyclic) bond motifs is 1. The van der Waals surface area contributed by atoms with E-state index < -0.39 is 95.6 Å². The highest BCUT2D eigenvalue weighted by atomic mass is 32.2. The molecule has 0 aromatic carbocycles. The number of phosphoric ester groups is 3. The number of hydrogen-bond acceptors (Lipinski definition) is 24. The van der Waals surface area contributed by atoms with Gasteiger partial charge in [0.25, 0.3) is 15.6 Å². The molecule has 0 radical (unpaired) electrons. The number of ether oxygens (including phenoxy) is 1. The van der Waals surface area contributed by atoms with Crippen molar-refractivity contribution in [2.45, 2.75) is 50.9 Å². The summed E-state index contributed by atoms with van der Waals surface area (Å²) in [5.41, 5.74) is 3.97. The minimum absolute atomic E-state index is 0.0293. The SMILES string of the molecule is CC(C)(COP(=O)([O-])OP(=O)([O-])OC[C@H]1O[C@@H](n2cnc3c(N)ncnc32)[C@H](O)[C@@H]1OP(=O)([O-])[O-])[C@@H](O)C(=O)NCCC(=O)NCCSC(=O)C(=O)[O-]. The van der Waals surface area contributed by atoms with E-state index in [0.717, 1.165) is 31.1 Å². The lowest BCUT2D eigenvalue weighted by molar-refractivity contribution is -0.347. The monoisotopic (exact) mass is 834 g/mol. The van der Waals surface area contributed by atoms with Gasteiger partial charge < -0.3 is 78.9 Å². The van der Waals surface area contributed by atoms with Crippen LogP contribution in [0.3, 0.4) is 0 Å². The number of aliphatic carboxylic acids is 1. The maximum atomic E-state index is 12.4. The Hall–Kier alpha value is -2.97. The molecule has 3 rings (SSSR count). The number of thioether (sulfide) groups is 1. The molecule has 1 aliphatic heterocycles. The van der Waals surface area contributed by atoms with Gasteiger partial charge in [0.15, 0.2) is 17.7 Å². The number of aromatic nitrogens is 4. The summed E-state index contributed by atoms with van der Waals surface area (Å²) in [5.74, 6) is -3.75. The highest BCUT2D eigenvalue weighted by molar-refractivity contribution is 8.15. The van der Waals surface area contributed by atoms with E-state index in [2.05, 4.69) is 43.5 Å². The summed E-state index contributed by atoms with van der Waals surface area (Å²) in [7, 11) is -17.7. The maximum absolute atomic E-state index is 12.4. The van der Waals surface area contributed by atoms with Gasteiger partial charge in [0.2, 0.25) is 16.9 Å². The number of nitrogens with zero attached hydrogens (tertiary/aromatic N) is 4. The molecule has 0 spiro atoms. The largest absolute Gasteiger partial charge is 0.790 e. The van der Waals surface area contributed by atoms with Crippen molar-refractivity contribution in [2.24, 2.45) is 5.41 Å². The van der Waals surface area contributed by atoms with E-state index in [9.17, 15) is 67.8 Å². The lowest BCUT2D eigenvalue weighted by Crippen LogP contribution is -2.46. The number of carbonyl (C=O) groups is 4. The molecule has 1 fully saturated rings. The summed E-state index contributed by atoms with van der Waals surface area (Å²) < 4.78 is 60.1. The van der Waals surface area contributed by atoms with Gasteiger partial charge in [0, 0.05) is 30.7 Å². The Balaban J connectivity index is 1.53. The van der Waals surface area contributed by atoms with Crippen LogP contribution < -0.4 is 41.0 Å². The van der Waals surface area contributed by atoms with Gasteiger partial charge in [-0.15, -0.1) is 0 Å². The first-order valence-electron chi connectivity index (χ1n) is 14.6. The molecular weight excluding hydrogens is 803 g/mol. The number of carbonyl (C=O) groups excluding carboxylic acids is 4. The standard InChI is InChI=1S/C23H36N7O19P3S/c1-23(2,16(33)19(34)26-4-3-12(31)25-5-6-53-22(37)21(35)36)8-46-52(43,44)49-51(41,42)45-7-11-15(48-50(38,39)40)14(32)20(47-11)30-10-29-13-17(24)27-9-28-18(13)30/h9-11,14-16,20,32-33H,3-8H2,1-2H3,(H,25,31)(H,26,34)(H,35,36)(H,41,42)(H,43,44)(H2,24,27,28)(H2,38,39,40)/p-5/t11-,14-,15-,16+,20-/m1/s1. The van der Waals surface area contributed by atoms with Crippen molar-refractivity contribution in [1.82, 2.24) is 30.2 Å². The molecule has 298 valence electrons. The minimum Gasteiger partial charge on any atom is -0.790 e. The predicted molar refractivity (Wildman–Crippen MR) is 163 cm³/mol. The third kappa shape index (κ3) is 13.1. The number of nitrogens with two attached hydrogens (primary N) is 1. The number of hydrogen-bond donors (Lipinski definition) is 5. The summed E-state index contributed by atoms with van der Waals surface area (Å²) in [6.45, 7) is -0.436. The Morgan fingerprint density at radius 2 is 1.74 bits per heavy atom. The summed E-state index contributed by atoms with van der Waals surface area (Å²) in [6, 6.07) is 0. The van der Waals surface area contributed by atoms with E-state index in [4.69, 9.17) is 10.5 Å². The number of phosphoric acid groups is 3. The summed E-state index contributed by atoms with van der Waals surface area (Å²) in [5, 5.41) is 34.9. The molecule has 3 heterocycles. The number of carboxylic acid groups (broad SMARTS) is 1. The molecule has 7 atom stereocenters. The lowest BCUT2D eigenvalue weighted by Gasteiger charge is -2.36. The van der Waals surface area contributed by atoms with Crippen molar-refractivity contribution in [3.05, 3.63) is 12.7 Å². The van der Waals surface area contributed by atoms with Crippen LogP contribution >= 0.6 is 35.2 Å². The number of nitrogens with one attached hydrogen (secondary N) is 2. The summed E-state index contributed by atoms with van der Waals surface area (Å²) in [6.07, 6.45) is -7.86. The molecule has 2 amide bonds. The van der Waals surface area contributed by atoms with Crippen molar-refractivity contribution in [3.63, 3.8) is 0 Å². The van der Waals surface area contributed by atoms with Gasteiger partial charge in [0.1, 0.15) is 42.2 Å². The van der Waals surface area contributed by atoms with Crippen LogP contribution in [0.4, 0.5) is 5.82 Å². The zero-order chi connectivity index (χ0) is 39.9. The quantitative estimate of drug-likeness (QED) is 0.0499. The Morgan fingerprint density at radius 3 is 2.38 bits per heavy atom. The van der Waals surface area contributed by atoms with Gasteiger partial charge in [-0.05, 0) is 0 Å². The first-order chi connectivity index (χ1) is 24.4. The lowest BCUT2D eigenvalue weighted by atomic mass is 9.87. The van der Waals surface area contributed by atoms with Crippen LogP contribution in [0, 0.1) is 5.41 Å². The highest BCUT2D eigenvalue weighted by Gasteiger charge is 2.47. The molecule has 0 bridgehead atoms. The van der Waals surface area contributed by atoms with E-state index >= 15 is 0 Å². The molecule has 2 aromatic rings. The third-order valence-electron chi connectivity index (χ3n) is 6.88. The summed E-state index contributed by atoms with van der Waals surface area (Å²) in [4.78, 5) is 105. The van der Waals surface area contributed by atoms with Gasteiger partial charge in [-0.1, -0.05) is 25.6 Å². The topological polar surface area (TPSA) is 415 Å². The smallest absolute Gasteiger partial charge is 0.274 e. The van der Waals surface area contributed by atoms with Gasteiger partial charge in [0.05, 0.1) is 27.4 Å². The molecule has 53 heavy (non-hydrogen) atoms. The van der Waals surface area contributed by atoms with Gasteiger partial charge >= 0.3 is 0 Å². The Kier molecular flexibility index (Phi) is 15.2. The first kappa shape index (κ1) is 44.4. The van der Waals surface area contributed by atoms with Crippen LogP contribution in [-0.2, 0) is 55.5 Å². The predicted octanol–water partition coefficient (Wildman–Crippen LogP) is -6.11. The zero-order valence-corrected chi connectivity index (χ0v) is 30.7. The third-order valence-corrected chi connectivity index (χ3v) is 10.7. The van der Waals surface area contributed by atoms with E-state index in [1.54, 1.807) is 0 Å². The maximum Gasteiger partial charge on any atom is 0.274 e. The number of rotatable bonds is 19. The van der Waals surface area contributed by atoms with Crippen molar-refractivity contribution in [2.75, 3.05) is 37.8 Å². The molecule has 26 nitrogen and oxygen atoms in total. The number of imidazole rings is 1. The van der Waals surface area contributed by atoms with Crippen LogP contribution in [0.15, 0.2) is 12.7 Å². The van der Waals surface area contributed by atoms with Crippen LogP contribution in [0.25, 0.3) is 11.2 Å². The average Bonchev–Trinajstić information content (AvgIpc) is 3.60. The van der Waals surface area contributed by atoms with Crippen molar-refractivity contribution in [3.8, 4) is 0 Å². The molecule has 0 aliphatic carbocycles. The summed E-state index contributed by atoms with van der Waals surface area (Å²) >= 11 is 0.405. The highest BCUT2D eigenvalue weighted by Crippen LogP contribution is 2.56. The fraction of sp³-hybridized carbons (Fsp3) is 0.609. The Labute approximate surface area is 302 Å². The van der Waals surface area contributed by atoms with E-state index in [1.807, 2.05) is 0 Å². The fourth-order valence-corrected chi connectivity index (χ4v) is 7.55. The molecule has 2 unspecified atom stereocenters. The molecular formula is C23H31N7O19P3S-5. The Bertz CT molecular complexity index is 1810. The Morgan fingerprint density at radius 1 is 1.08 bits per heavy atom. The first-order valence-corrected chi connectivity index (χ1v) is 20.0. The average molecular weight is 835 g/mol. The van der Waals surface area contributed by atoms with Crippen molar-refractivity contribution < 1.29 is 90.4 Å². The second-order valence-electron chi connectivity index (χ2n) is 11.4. The van der Waals surface area contributed by atoms with E-state index in [0.29, 0.717) is 11.8 Å².